The van der Waals surface area contributed by atoms with Crippen molar-refractivity contribution < 1.29 is 4.79 Å². The molecular weight excluding hydrogens is 150 g/mol. The average molecular weight is 157 g/mol. The van der Waals surface area contributed by atoms with Crippen LogP contribution in [0.1, 0.15) is 17.0 Å². The summed E-state index contributed by atoms with van der Waals surface area (Å²) in [5, 5.41) is 8.71. The standard InChI is InChI=1S/C10H7NO/c11-6-9-8-4-2-1-3-7(8)5-10(9)12/h1-4,9H,5H2/t9-/m1/s1. The SMILES string of the molecule is N#C[C@H]1C(=O)Cc2ccccc21. The maximum atomic E-state index is 11.2. The van der Waals surface area contributed by atoms with E-state index in [1.165, 1.54) is 0 Å². The van der Waals surface area contributed by atoms with Crippen molar-refractivity contribution in [2.24, 2.45) is 0 Å². The first-order valence-corrected chi connectivity index (χ1v) is 3.83. The molecule has 0 radical (unpaired) electrons. The van der Waals surface area contributed by atoms with Crippen molar-refractivity contribution in [3.63, 3.8) is 0 Å². The first kappa shape index (κ1) is 7.05. The molecule has 0 amide bonds. The Morgan fingerprint density at radius 3 is 2.92 bits per heavy atom. The quantitative estimate of drug-likeness (QED) is 0.571. The molecule has 12 heavy (non-hydrogen) atoms. The van der Waals surface area contributed by atoms with E-state index in [-0.39, 0.29) is 5.78 Å². The molecule has 2 nitrogen and oxygen atoms in total. The fraction of sp³-hybridized carbons (Fsp3) is 0.200. The lowest BCUT2D eigenvalue weighted by atomic mass is 10.0. The van der Waals surface area contributed by atoms with Gasteiger partial charge in [0, 0.05) is 6.42 Å². The molecule has 2 rings (SSSR count). The summed E-state index contributed by atoms with van der Waals surface area (Å²) in [7, 11) is 0. The molecule has 1 aromatic carbocycles. The van der Waals surface area contributed by atoms with Crippen LogP contribution in [0.25, 0.3) is 0 Å². The molecule has 0 saturated carbocycles. The van der Waals surface area contributed by atoms with Crippen LogP contribution >= 0.6 is 0 Å². The summed E-state index contributed by atoms with van der Waals surface area (Å²) in [6.45, 7) is 0. The Morgan fingerprint density at radius 2 is 2.17 bits per heavy atom. The van der Waals surface area contributed by atoms with Crippen LogP contribution in [0.5, 0.6) is 0 Å². The number of Topliss-reactive ketones (excluding diaryl/α,β-unsaturated/α-hetero) is 1. The highest BCUT2D eigenvalue weighted by Crippen LogP contribution is 2.28. The van der Waals surface area contributed by atoms with Gasteiger partial charge in [0.05, 0.1) is 6.07 Å². The van der Waals surface area contributed by atoms with Gasteiger partial charge in [-0.15, -0.1) is 0 Å². The number of ketones is 1. The highest BCUT2D eigenvalue weighted by Gasteiger charge is 2.29. The van der Waals surface area contributed by atoms with E-state index in [9.17, 15) is 4.79 Å². The van der Waals surface area contributed by atoms with Crippen LogP contribution in [0.15, 0.2) is 24.3 Å². The van der Waals surface area contributed by atoms with E-state index in [1.807, 2.05) is 30.3 Å². The minimum absolute atomic E-state index is 0.0266. The lowest BCUT2D eigenvalue weighted by molar-refractivity contribution is -0.117. The molecule has 0 aliphatic heterocycles. The van der Waals surface area contributed by atoms with Crippen LogP contribution < -0.4 is 0 Å². The van der Waals surface area contributed by atoms with Crippen LogP contribution in [0, 0.1) is 11.3 Å². The second kappa shape index (κ2) is 2.46. The van der Waals surface area contributed by atoms with Crippen molar-refractivity contribution in [2.45, 2.75) is 12.3 Å². The van der Waals surface area contributed by atoms with Gasteiger partial charge in [-0.1, -0.05) is 24.3 Å². The van der Waals surface area contributed by atoms with E-state index < -0.39 is 5.92 Å². The lowest BCUT2D eigenvalue weighted by Gasteiger charge is -1.97. The van der Waals surface area contributed by atoms with Crippen LogP contribution in [0.2, 0.25) is 0 Å². The minimum atomic E-state index is -0.513. The second-order valence-electron chi connectivity index (χ2n) is 2.90. The number of hydrogen-bond acceptors (Lipinski definition) is 2. The van der Waals surface area contributed by atoms with E-state index in [0.717, 1.165) is 11.1 Å². The molecule has 0 fully saturated rings. The molecule has 1 atom stereocenters. The molecule has 0 heterocycles. The van der Waals surface area contributed by atoms with Gasteiger partial charge < -0.3 is 0 Å². The number of rotatable bonds is 0. The summed E-state index contributed by atoms with van der Waals surface area (Å²) in [6.07, 6.45) is 0.425. The molecule has 0 N–H and O–H groups in total. The van der Waals surface area contributed by atoms with Gasteiger partial charge in [0.2, 0.25) is 0 Å². The fourth-order valence-electron chi connectivity index (χ4n) is 1.58. The summed E-state index contributed by atoms with van der Waals surface area (Å²) < 4.78 is 0. The Kier molecular flexibility index (Phi) is 1.44. The summed E-state index contributed by atoms with van der Waals surface area (Å²) in [5.74, 6) is -0.486. The summed E-state index contributed by atoms with van der Waals surface area (Å²) in [6, 6.07) is 9.54. The molecule has 0 aromatic heterocycles. The average Bonchev–Trinajstić information content (AvgIpc) is 2.40. The van der Waals surface area contributed by atoms with Crippen molar-refractivity contribution in [1.82, 2.24) is 0 Å². The Balaban J connectivity index is 2.56. The summed E-state index contributed by atoms with van der Waals surface area (Å²) in [5.41, 5.74) is 1.90. The zero-order valence-corrected chi connectivity index (χ0v) is 6.45. The van der Waals surface area contributed by atoms with Gasteiger partial charge in [-0.3, -0.25) is 4.79 Å². The van der Waals surface area contributed by atoms with Crippen molar-refractivity contribution in [1.29, 1.82) is 5.26 Å². The Bertz CT molecular complexity index is 376. The highest BCUT2D eigenvalue weighted by molar-refractivity contribution is 5.94. The van der Waals surface area contributed by atoms with E-state index in [2.05, 4.69) is 0 Å². The molecule has 1 aliphatic carbocycles. The van der Waals surface area contributed by atoms with Gasteiger partial charge in [0.15, 0.2) is 5.78 Å². The zero-order chi connectivity index (χ0) is 8.55. The van der Waals surface area contributed by atoms with E-state index >= 15 is 0 Å². The van der Waals surface area contributed by atoms with Gasteiger partial charge >= 0.3 is 0 Å². The van der Waals surface area contributed by atoms with Crippen molar-refractivity contribution >= 4 is 5.78 Å². The molecule has 0 bridgehead atoms. The van der Waals surface area contributed by atoms with Gasteiger partial charge in [-0.25, -0.2) is 0 Å². The third-order valence-electron chi connectivity index (χ3n) is 2.18. The lowest BCUT2D eigenvalue weighted by Crippen LogP contribution is -2.02. The third-order valence-corrected chi connectivity index (χ3v) is 2.18. The number of carbonyl (C=O) groups excluding carboxylic acids is 1. The molecule has 58 valence electrons. The number of nitrogens with zero attached hydrogens (tertiary/aromatic N) is 1. The molecule has 0 unspecified atom stereocenters. The van der Waals surface area contributed by atoms with Crippen molar-refractivity contribution in [3.05, 3.63) is 35.4 Å². The highest BCUT2D eigenvalue weighted by atomic mass is 16.1. The molecule has 1 aliphatic rings. The zero-order valence-electron chi connectivity index (χ0n) is 6.45. The summed E-state index contributed by atoms with van der Waals surface area (Å²) >= 11 is 0. The third kappa shape index (κ3) is 0.835. The Labute approximate surface area is 70.4 Å². The molecule has 0 saturated heterocycles. The predicted octanol–water partition coefficient (Wildman–Crippen LogP) is 1.42. The number of hydrogen-bond donors (Lipinski definition) is 0. The van der Waals surface area contributed by atoms with Crippen molar-refractivity contribution in [3.8, 4) is 6.07 Å². The number of carbonyl (C=O) groups is 1. The first-order valence-electron chi connectivity index (χ1n) is 3.83. The molecule has 1 aromatic rings. The fourth-order valence-corrected chi connectivity index (χ4v) is 1.58. The van der Waals surface area contributed by atoms with E-state index in [4.69, 9.17) is 5.26 Å². The Hall–Kier alpha value is -1.62. The number of fused-ring (bicyclic) bond motifs is 1. The summed E-state index contributed by atoms with van der Waals surface area (Å²) in [4.78, 5) is 11.2. The molecule has 0 spiro atoms. The first-order chi connectivity index (χ1) is 5.83. The second-order valence-corrected chi connectivity index (χ2v) is 2.90. The van der Waals surface area contributed by atoms with Crippen LogP contribution in [0.4, 0.5) is 0 Å². The normalized spacial score (nSPS) is 20.2. The topological polar surface area (TPSA) is 40.9 Å². The smallest absolute Gasteiger partial charge is 0.158 e. The number of nitriles is 1. The van der Waals surface area contributed by atoms with Gasteiger partial charge in [-0.2, -0.15) is 5.26 Å². The molecule has 2 heteroatoms. The Morgan fingerprint density at radius 1 is 1.42 bits per heavy atom. The predicted molar refractivity (Wildman–Crippen MR) is 43.5 cm³/mol. The van der Waals surface area contributed by atoms with Crippen LogP contribution in [-0.2, 0) is 11.2 Å². The monoisotopic (exact) mass is 157 g/mol. The largest absolute Gasteiger partial charge is 0.297 e. The van der Waals surface area contributed by atoms with Crippen molar-refractivity contribution in [2.75, 3.05) is 0 Å². The van der Waals surface area contributed by atoms with Crippen LogP contribution in [0.3, 0.4) is 0 Å². The van der Waals surface area contributed by atoms with Gasteiger partial charge in [-0.05, 0) is 11.1 Å². The van der Waals surface area contributed by atoms with E-state index in [1.54, 1.807) is 0 Å². The maximum Gasteiger partial charge on any atom is 0.158 e. The van der Waals surface area contributed by atoms with Crippen LogP contribution in [-0.4, -0.2) is 5.78 Å². The maximum absolute atomic E-state index is 11.2. The van der Waals surface area contributed by atoms with E-state index in [0.29, 0.717) is 6.42 Å². The minimum Gasteiger partial charge on any atom is -0.297 e. The van der Waals surface area contributed by atoms with Gasteiger partial charge in [0.25, 0.3) is 0 Å². The number of benzene rings is 1. The molecular formula is C10H7NO. The van der Waals surface area contributed by atoms with Gasteiger partial charge in [0.1, 0.15) is 5.92 Å².